The fraction of sp³-hybridized carbons (Fsp3) is 0.280. The quantitative estimate of drug-likeness (QED) is 0.670. The van der Waals surface area contributed by atoms with Crippen molar-refractivity contribution in [1.29, 1.82) is 0 Å². The topological polar surface area (TPSA) is 48.5 Å². The molecule has 1 amide bonds. The summed E-state index contributed by atoms with van der Waals surface area (Å²) in [5.41, 5.74) is 5.82. The van der Waals surface area contributed by atoms with Crippen molar-refractivity contribution in [2.75, 3.05) is 34.8 Å². The predicted molar refractivity (Wildman–Crippen MR) is 122 cm³/mol. The molecule has 1 N–H and O–H groups in total. The molecular weight excluding hydrogens is 372 g/mol. The standard InChI is InChI=1S/C25H26N4O/c30-25(29-17-13-19-6-2-3-7-24(19)29)23-18-21(12-14-26-23)27-20-8-10-22(11-9-20)28-15-4-1-5-16-28/h2-3,6-12,14,18H,1,4-5,13,15-17H2,(H,26,27). The average molecular weight is 399 g/mol. The highest BCUT2D eigenvalue weighted by Crippen LogP contribution is 2.29. The SMILES string of the molecule is O=C(c1cc(Nc2ccc(N3CCCCC3)cc2)ccn1)N1CCc2ccccc21. The van der Waals surface area contributed by atoms with Crippen molar-refractivity contribution < 1.29 is 4.79 Å². The van der Waals surface area contributed by atoms with Crippen molar-refractivity contribution in [3.63, 3.8) is 0 Å². The first-order chi connectivity index (χ1) is 14.8. The normalized spacial score (nSPS) is 15.7. The minimum absolute atomic E-state index is 0.0518. The summed E-state index contributed by atoms with van der Waals surface area (Å²) in [7, 11) is 0. The summed E-state index contributed by atoms with van der Waals surface area (Å²) in [6, 6.07) is 20.4. The van der Waals surface area contributed by atoms with E-state index >= 15 is 0 Å². The van der Waals surface area contributed by atoms with Crippen LogP contribution in [0.25, 0.3) is 0 Å². The molecule has 0 saturated carbocycles. The maximum atomic E-state index is 13.1. The summed E-state index contributed by atoms with van der Waals surface area (Å²) in [5.74, 6) is -0.0518. The van der Waals surface area contributed by atoms with Crippen LogP contribution >= 0.6 is 0 Å². The van der Waals surface area contributed by atoms with Gasteiger partial charge in [-0.05, 0) is 73.7 Å². The van der Waals surface area contributed by atoms with Gasteiger partial charge in [0.05, 0.1) is 0 Å². The summed E-state index contributed by atoms with van der Waals surface area (Å²) in [6.07, 6.45) is 6.47. The summed E-state index contributed by atoms with van der Waals surface area (Å²) in [6.45, 7) is 2.99. The van der Waals surface area contributed by atoms with E-state index < -0.39 is 0 Å². The van der Waals surface area contributed by atoms with Gasteiger partial charge in [-0.1, -0.05) is 18.2 Å². The lowest BCUT2D eigenvalue weighted by molar-refractivity contribution is 0.0984. The maximum absolute atomic E-state index is 13.1. The van der Waals surface area contributed by atoms with Crippen LogP contribution in [0.4, 0.5) is 22.7 Å². The molecule has 2 aliphatic heterocycles. The number of nitrogens with one attached hydrogen (secondary N) is 1. The zero-order valence-corrected chi connectivity index (χ0v) is 17.1. The zero-order valence-electron chi connectivity index (χ0n) is 17.1. The van der Waals surface area contributed by atoms with Gasteiger partial charge in [0.15, 0.2) is 0 Å². The summed E-state index contributed by atoms with van der Waals surface area (Å²) in [5, 5.41) is 3.41. The average Bonchev–Trinajstić information content (AvgIpc) is 3.24. The molecule has 2 aliphatic rings. The number of pyridine rings is 1. The molecule has 0 atom stereocenters. The molecule has 0 unspecified atom stereocenters. The number of nitrogens with zero attached hydrogens (tertiary/aromatic N) is 3. The van der Waals surface area contributed by atoms with Crippen LogP contribution in [0.1, 0.15) is 35.3 Å². The van der Waals surface area contributed by atoms with Crippen LogP contribution < -0.4 is 15.1 Å². The summed E-state index contributed by atoms with van der Waals surface area (Å²) in [4.78, 5) is 21.7. The van der Waals surface area contributed by atoms with Crippen molar-refractivity contribution in [1.82, 2.24) is 4.98 Å². The first kappa shape index (κ1) is 18.7. The molecule has 0 radical (unpaired) electrons. The van der Waals surface area contributed by atoms with E-state index in [0.29, 0.717) is 12.2 Å². The van der Waals surface area contributed by atoms with Crippen LogP contribution in [0.5, 0.6) is 0 Å². The molecular formula is C25H26N4O. The highest BCUT2D eigenvalue weighted by molar-refractivity contribution is 6.06. The Morgan fingerprint density at radius 1 is 0.867 bits per heavy atom. The highest BCUT2D eigenvalue weighted by Gasteiger charge is 2.26. The Bertz CT molecular complexity index is 1040. The van der Waals surface area contributed by atoms with Gasteiger partial charge in [-0.15, -0.1) is 0 Å². The van der Waals surface area contributed by atoms with Crippen molar-refractivity contribution in [3.05, 3.63) is 78.1 Å². The number of hydrogen-bond donors (Lipinski definition) is 1. The van der Waals surface area contributed by atoms with Crippen molar-refractivity contribution in [3.8, 4) is 0 Å². The monoisotopic (exact) mass is 398 g/mol. The number of carbonyl (C=O) groups excluding carboxylic acids is 1. The first-order valence-corrected chi connectivity index (χ1v) is 10.8. The third-order valence-electron chi connectivity index (χ3n) is 5.99. The van der Waals surface area contributed by atoms with Crippen LogP contribution in [-0.4, -0.2) is 30.5 Å². The Morgan fingerprint density at radius 2 is 1.67 bits per heavy atom. The van der Waals surface area contributed by atoms with Gasteiger partial charge < -0.3 is 15.1 Å². The number of carbonyl (C=O) groups is 1. The van der Waals surface area contributed by atoms with E-state index in [4.69, 9.17) is 0 Å². The number of hydrogen-bond acceptors (Lipinski definition) is 4. The maximum Gasteiger partial charge on any atom is 0.276 e. The molecule has 2 aromatic carbocycles. The second-order valence-electron chi connectivity index (χ2n) is 7.98. The van der Waals surface area contributed by atoms with Gasteiger partial charge in [0.2, 0.25) is 0 Å². The molecule has 5 rings (SSSR count). The lowest BCUT2D eigenvalue weighted by Crippen LogP contribution is -2.29. The summed E-state index contributed by atoms with van der Waals surface area (Å²) < 4.78 is 0. The molecule has 3 heterocycles. The number of piperidine rings is 1. The molecule has 5 heteroatoms. The lowest BCUT2D eigenvalue weighted by atomic mass is 10.1. The van der Waals surface area contributed by atoms with E-state index in [2.05, 4.69) is 45.5 Å². The number of amides is 1. The number of fused-ring (bicyclic) bond motifs is 1. The summed E-state index contributed by atoms with van der Waals surface area (Å²) >= 11 is 0. The van der Waals surface area contributed by atoms with E-state index in [1.165, 1.54) is 30.5 Å². The molecule has 1 saturated heterocycles. The van der Waals surface area contributed by atoms with Crippen molar-refractivity contribution in [2.45, 2.75) is 25.7 Å². The minimum Gasteiger partial charge on any atom is -0.372 e. The molecule has 30 heavy (non-hydrogen) atoms. The molecule has 0 aliphatic carbocycles. The molecule has 152 valence electrons. The van der Waals surface area contributed by atoms with Crippen molar-refractivity contribution in [2.24, 2.45) is 0 Å². The molecule has 1 fully saturated rings. The molecule has 0 spiro atoms. The van der Waals surface area contributed by atoms with Gasteiger partial charge in [-0.25, -0.2) is 0 Å². The second-order valence-corrected chi connectivity index (χ2v) is 7.98. The van der Waals surface area contributed by atoms with E-state index in [1.807, 2.05) is 35.2 Å². The highest BCUT2D eigenvalue weighted by atomic mass is 16.2. The lowest BCUT2D eigenvalue weighted by Gasteiger charge is -2.28. The van der Waals surface area contributed by atoms with E-state index in [0.717, 1.165) is 36.6 Å². The molecule has 1 aromatic heterocycles. The Morgan fingerprint density at radius 3 is 2.50 bits per heavy atom. The van der Waals surface area contributed by atoms with Crippen LogP contribution in [0, 0.1) is 0 Å². The van der Waals surface area contributed by atoms with Crippen LogP contribution in [0.3, 0.4) is 0 Å². The van der Waals surface area contributed by atoms with Gasteiger partial charge in [0.1, 0.15) is 5.69 Å². The van der Waals surface area contributed by atoms with Crippen LogP contribution in [-0.2, 0) is 6.42 Å². The largest absolute Gasteiger partial charge is 0.372 e. The smallest absolute Gasteiger partial charge is 0.276 e. The van der Waals surface area contributed by atoms with Gasteiger partial charge in [0.25, 0.3) is 5.91 Å². The van der Waals surface area contributed by atoms with Gasteiger partial charge in [-0.2, -0.15) is 0 Å². The Labute approximate surface area is 177 Å². The first-order valence-electron chi connectivity index (χ1n) is 10.8. The Balaban J connectivity index is 1.30. The Kier molecular flexibility index (Phi) is 5.10. The number of para-hydroxylation sites is 1. The van der Waals surface area contributed by atoms with Crippen LogP contribution in [0.15, 0.2) is 66.9 Å². The number of rotatable bonds is 4. The molecule has 5 nitrogen and oxygen atoms in total. The fourth-order valence-corrected chi connectivity index (χ4v) is 4.39. The third-order valence-corrected chi connectivity index (χ3v) is 5.99. The van der Waals surface area contributed by atoms with Crippen molar-refractivity contribution >= 4 is 28.7 Å². The zero-order chi connectivity index (χ0) is 20.3. The number of anilines is 4. The predicted octanol–water partition coefficient (Wildman–Crippen LogP) is 5.02. The van der Waals surface area contributed by atoms with E-state index in [9.17, 15) is 4.79 Å². The van der Waals surface area contributed by atoms with E-state index in [1.54, 1.807) is 6.20 Å². The molecule has 0 bridgehead atoms. The van der Waals surface area contributed by atoms with Gasteiger partial charge >= 0.3 is 0 Å². The molecule has 3 aromatic rings. The Hall–Kier alpha value is -3.34. The second kappa shape index (κ2) is 8.19. The number of benzene rings is 2. The van der Waals surface area contributed by atoms with E-state index in [-0.39, 0.29) is 5.91 Å². The fourth-order valence-electron chi connectivity index (χ4n) is 4.39. The van der Waals surface area contributed by atoms with Gasteiger partial charge in [0, 0.05) is 48.6 Å². The minimum atomic E-state index is -0.0518. The number of aromatic nitrogens is 1. The van der Waals surface area contributed by atoms with Crippen LogP contribution in [0.2, 0.25) is 0 Å². The third kappa shape index (κ3) is 3.75. The van der Waals surface area contributed by atoms with Gasteiger partial charge in [-0.3, -0.25) is 9.78 Å².